The molecule has 2 aromatic carbocycles. The number of halogens is 3. The predicted octanol–water partition coefficient (Wildman–Crippen LogP) is 5.32. The monoisotopic (exact) mass is 370 g/mol. The molecule has 7 heteroatoms. The first kappa shape index (κ1) is 17.3. The van der Waals surface area contributed by atoms with Gasteiger partial charge in [-0.25, -0.2) is 4.98 Å². The van der Waals surface area contributed by atoms with Crippen LogP contribution in [-0.4, -0.2) is 16.0 Å². The summed E-state index contributed by atoms with van der Waals surface area (Å²) in [4.78, 5) is 10.6. The van der Waals surface area contributed by atoms with Gasteiger partial charge in [0.15, 0.2) is 0 Å². The number of nitrogens with one attached hydrogen (secondary N) is 1. The number of alkyl halides is 3. The Morgan fingerprint density at radius 2 is 1.78 bits per heavy atom. The van der Waals surface area contributed by atoms with Gasteiger partial charge >= 0.3 is 6.18 Å². The van der Waals surface area contributed by atoms with Gasteiger partial charge in [-0.1, -0.05) is 30.3 Å². The molecule has 1 N–H and O–H groups in total. The van der Waals surface area contributed by atoms with Gasteiger partial charge in [-0.2, -0.15) is 18.2 Å². The Bertz CT molecular complexity index is 971. The quantitative estimate of drug-likeness (QED) is 0.677. The van der Waals surface area contributed by atoms with Crippen molar-refractivity contribution < 1.29 is 13.2 Å². The van der Waals surface area contributed by atoms with Crippen molar-refractivity contribution in [1.29, 1.82) is 0 Å². The smallest absolute Gasteiger partial charge is 0.324 e. The van der Waals surface area contributed by atoms with E-state index >= 15 is 0 Å². The van der Waals surface area contributed by atoms with Crippen LogP contribution in [0.5, 0.6) is 0 Å². The molecule has 0 spiro atoms. The molecule has 1 aliphatic rings. The van der Waals surface area contributed by atoms with Crippen LogP contribution in [-0.2, 0) is 12.6 Å². The van der Waals surface area contributed by atoms with E-state index in [-0.39, 0.29) is 17.7 Å². The predicted molar refractivity (Wildman–Crippen MR) is 98.5 cm³/mol. The zero-order chi connectivity index (χ0) is 19.0. The van der Waals surface area contributed by atoms with Gasteiger partial charge < -0.3 is 10.2 Å². The van der Waals surface area contributed by atoms with Crippen LogP contribution in [0.25, 0.3) is 0 Å². The lowest BCUT2D eigenvalue weighted by atomic mass is 10.1. The normalized spacial score (nSPS) is 16.3. The van der Waals surface area contributed by atoms with Gasteiger partial charge in [-0.05, 0) is 43.2 Å². The van der Waals surface area contributed by atoms with E-state index in [0.29, 0.717) is 5.82 Å². The minimum Gasteiger partial charge on any atom is -0.324 e. The molecule has 0 aliphatic carbocycles. The van der Waals surface area contributed by atoms with Crippen LogP contribution in [0.2, 0.25) is 0 Å². The van der Waals surface area contributed by atoms with Crippen LogP contribution in [0.3, 0.4) is 0 Å². The molecule has 27 heavy (non-hydrogen) atoms. The average Bonchev–Trinajstić information content (AvgIpc) is 2.97. The van der Waals surface area contributed by atoms with Gasteiger partial charge in [0, 0.05) is 17.9 Å². The lowest BCUT2D eigenvalue weighted by molar-refractivity contribution is -0.136. The van der Waals surface area contributed by atoms with Crippen molar-refractivity contribution in [2.75, 3.05) is 10.2 Å². The molecule has 0 saturated carbocycles. The molecule has 1 atom stereocenters. The van der Waals surface area contributed by atoms with Gasteiger partial charge in [-0.15, -0.1) is 0 Å². The number of rotatable bonds is 3. The third-order valence-corrected chi connectivity index (χ3v) is 4.57. The maximum atomic E-state index is 13.2. The molecule has 3 aromatic rings. The van der Waals surface area contributed by atoms with Crippen molar-refractivity contribution in [2.24, 2.45) is 0 Å². The molecule has 0 radical (unpaired) electrons. The minimum atomic E-state index is -4.45. The Hall–Kier alpha value is -3.09. The van der Waals surface area contributed by atoms with Crippen molar-refractivity contribution in [3.63, 3.8) is 0 Å². The van der Waals surface area contributed by atoms with E-state index in [1.54, 1.807) is 18.3 Å². The van der Waals surface area contributed by atoms with E-state index in [2.05, 4.69) is 33.2 Å². The number of nitrogens with zero attached hydrogens (tertiary/aromatic N) is 3. The first-order chi connectivity index (χ1) is 12.9. The number of aromatic nitrogens is 2. The molecular weight excluding hydrogens is 353 g/mol. The van der Waals surface area contributed by atoms with Crippen LogP contribution >= 0.6 is 0 Å². The molecule has 1 aliphatic heterocycles. The molecule has 138 valence electrons. The number of benzene rings is 2. The van der Waals surface area contributed by atoms with Crippen LogP contribution in [0.1, 0.15) is 18.1 Å². The fourth-order valence-corrected chi connectivity index (χ4v) is 3.42. The highest BCUT2D eigenvalue weighted by molar-refractivity contribution is 5.70. The third kappa shape index (κ3) is 3.32. The minimum absolute atomic E-state index is 0.0722. The average molecular weight is 370 g/mol. The molecule has 1 aromatic heterocycles. The summed E-state index contributed by atoms with van der Waals surface area (Å²) >= 11 is 0. The van der Waals surface area contributed by atoms with E-state index in [1.165, 1.54) is 17.7 Å². The van der Waals surface area contributed by atoms with Crippen LogP contribution in [0.15, 0.2) is 60.8 Å². The molecule has 0 fully saturated rings. The van der Waals surface area contributed by atoms with Crippen molar-refractivity contribution in [3.8, 4) is 0 Å². The number of hydrogen-bond donors (Lipinski definition) is 1. The number of para-hydroxylation sites is 2. The molecule has 2 heterocycles. The molecule has 0 saturated heterocycles. The van der Waals surface area contributed by atoms with Gasteiger partial charge in [0.1, 0.15) is 5.82 Å². The van der Waals surface area contributed by atoms with E-state index in [0.717, 1.165) is 18.2 Å². The van der Waals surface area contributed by atoms with Crippen LogP contribution in [0.4, 0.5) is 36.3 Å². The largest absolute Gasteiger partial charge is 0.418 e. The number of fused-ring (bicyclic) bond motifs is 1. The van der Waals surface area contributed by atoms with E-state index in [4.69, 9.17) is 0 Å². The van der Waals surface area contributed by atoms with Crippen molar-refractivity contribution >= 4 is 23.1 Å². The summed E-state index contributed by atoms with van der Waals surface area (Å²) in [6, 6.07) is 15.3. The first-order valence-electron chi connectivity index (χ1n) is 8.57. The van der Waals surface area contributed by atoms with Crippen molar-refractivity contribution in [1.82, 2.24) is 9.97 Å². The lowest BCUT2D eigenvalue weighted by Gasteiger charge is -2.24. The fourth-order valence-electron chi connectivity index (χ4n) is 3.42. The maximum absolute atomic E-state index is 13.2. The highest BCUT2D eigenvalue weighted by Gasteiger charge is 2.33. The zero-order valence-corrected chi connectivity index (χ0v) is 14.5. The zero-order valence-electron chi connectivity index (χ0n) is 14.5. The topological polar surface area (TPSA) is 41.1 Å². The highest BCUT2D eigenvalue weighted by atomic mass is 19.4. The first-order valence-corrected chi connectivity index (χ1v) is 8.57. The lowest BCUT2D eigenvalue weighted by Crippen LogP contribution is -2.25. The number of hydrogen-bond acceptors (Lipinski definition) is 4. The SMILES string of the molecule is CC1Cc2ccccc2N1c1ccnc(Nc2ccccc2C(F)(F)F)n1. The molecule has 0 bridgehead atoms. The number of anilines is 4. The standard InChI is InChI=1S/C20H17F3N4/c1-13-12-14-6-2-5-9-17(14)27(13)18-10-11-24-19(26-18)25-16-8-4-3-7-15(16)20(21,22)23/h2-11,13H,12H2,1H3,(H,24,25,26). The highest BCUT2D eigenvalue weighted by Crippen LogP contribution is 2.38. The summed E-state index contributed by atoms with van der Waals surface area (Å²) in [5.74, 6) is 0.773. The van der Waals surface area contributed by atoms with E-state index in [9.17, 15) is 13.2 Å². The van der Waals surface area contributed by atoms with Crippen molar-refractivity contribution in [2.45, 2.75) is 25.6 Å². The van der Waals surface area contributed by atoms with E-state index in [1.807, 2.05) is 18.2 Å². The summed E-state index contributed by atoms with van der Waals surface area (Å²) < 4.78 is 39.6. The molecule has 0 amide bonds. The summed E-state index contributed by atoms with van der Waals surface area (Å²) in [7, 11) is 0. The Morgan fingerprint density at radius 3 is 2.59 bits per heavy atom. The van der Waals surface area contributed by atoms with Gasteiger partial charge in [0.05, 0.1) is 11.3 Å². The second-order valence-corrected chi connectivity index (χ2v) is 6.46. The Balaban J connectivity index is 1.67. The molecule has 1 unspecified atom stereocenters. The van der Waals surface area contributed by atoms with Crippen LogP contribution in [0, 0.1) is 0 Å². The summed E-state index contributed by atoms with van der Waals surface area (Å²) in [5, 5.41) is 2.71. The van der Waals surface area contributed by atoms with Gasteiger partial charge in [-0.3, -0.25) is 0 Å². The van der Waals surface area contributed by atoms with Crippen molar-refractivity contribution in [3.05, 3.63) is 71.9 Å². The second-order valence-electron chi connectivity index (χ2n) is 6.46. The molecular formula is C20H17F3N4. The fraction of sp³-hybridized carbons (Fsp3) is 0.200. The Labute approximate surface area is 154 Å². The summed E-state index contributed by atoms with van der Waals surface area (Å²) in [6.45, 7) is 2.09. The Kier molecular flexibility index (Phi) is 4.22. The second kappa shape index (κ2) is 6.57. The van der Waals surface area contributed by atoms with Gasteiger partial charge in [0.25, 0.3) is 0 Å². The van der Waals surface area contributed by atoms with Crippen LogP contribution < -0.4 is 10.2 Å². The van der Waals surface area contributed by atoms with E-state index < -0.39 is 11.7 Å². The maximum Gasteiger partial charge on any atom is 0.418 e. The summed E-state index contributed by atoms with van der Waals surface area (Å²) in [5.41, 5.74) is 1.46. The molecule has 4 rings (SSSR count). The Morgan fingerprint density at radius 1 is 1.04 bits per heavy atom. The van der Waals surface area contributed by atoms with Gasteiger partial charge in [0.2, 0.25) is 5.95 Å². The third-order valence-electron chi connectivity index (χ3n) is 4.57. The molecule has 4 nitrogen and oxygen atoms in total. The summed E-state index contributed by atoms with van der Waals surface area (Å²) in [6.07, 6.45) is -2.02.